The monoisotopic (exact) mass is 265 g/mol. The molecule has 0 spiro atoms. The molecular weight excluding hydrogens is 246 g/mol. The molecule has 102 valence electrons. The van der Waals surface area contributed by atoms with Crippen molar-refractivity contribution in [2.45, 2.75) is 26.8 Å². The maximum atomic E-state index is 5.99. The van der Waals surface area contributed by atoms with Gasteiger partial charge >= 0.3 is 0 Å². The molecule has 1 unspecified atom stereocenters. The molecule has 0 radical (unpaired) electrons. The van der Waals surface area contributed by atoms with Gasteiger partial charge in [-0.05, 0) is 39.0 Å². The molecule has 2 nitrogen and oxygen atoms in total. The quantitative estimate of drug-likeness (QED) is 0.702. The van der Waals surface area contributed by atoms with Gasteiger partial charge in [0.25, 0.3) is 0 Å². The second kappa shape index (κ2) is 5.04. The number of hydrogen-bond donors (Lipinski definition) is 1. The number of fused-ring (bicyclic) bond motifs is 1. The first-order valence-electron chi connectivity index (χ1n) is 6.96. The van der Waals surface area contributed by atoms with Crippen molar-refractivity contribution in [3.63, 3.8) is 0 Å². The van der Waals surface area contributed by atoms with Crippen molar-refractivity contribution in [1.82, 2.24) is 0 Å². The van der Waals surface area contributed by atoms with Crippen molar-refractivity contribution in [3.05, 3.63) is 65.4 Å². The lowest BCUT2D eigenvalue weighted by Gasteiger charge is -2.14. The average molecular weight is 265 g/mol. The highest BCUT2D eigenvalue weighted by Crippen LogP contribution is 2.30. The number of nitrogens with one attached hydrogen (secondary N) is 1. The van der Waals surface area contributed by atoms with Crippen molar-refractivity contribution >= 4 is 16.7 Å². The summed E-state index contributed by atoms with van der Waals surface area (Å²) in [6.07, 6.45) is 0. The Bertz CT molecular complexity index is 725. The topological polar surface area (TPSA) is 25.2 Å². The maximum absolute atomic E-state index is 5.99. The first-order chi connectivity index (χ1) is 9.65. The SMILES string of the molecule is Cc1ccc(NC(C)c2oc3ccccc3c2C)cc1. The van der Waals surface area contributed by atoms with E-state index >= 15 is 0 Å². The average Bonchev–Trinajstić information content (AvgIpc) is 2.79. The molecule has 3 aromatic rings. The van der Waals surface area contributed by atoms with Crippen molar-refractivity contribution < 1.29 is 4.42 Å². The Morgan fingerprint density at radius 2 is 1.65 bits per heavy atom. The normalized spacial score (nSPS) is 12.6. The van der Waals surface area contributed by atoms with Gasteiger partial charge in [0.15, 0.2) is 0 Å². The van der Waals surface area contributed by atoms with E-state index in [1.165, 1.54) is 16.5 Å². The molecule has 20 heavy (non-hydrogen) atoms. The van der Waals surface area contributed by atoms with Crippen LogP contribution in [0.15, 0.2) is 52.9 Å². The van der Waals surface area contributed by atoms with Crippen LogP contribution in [0.25, 0.3) is 11.0 Å². The van der Waals surface area contributed by atoms with Gasteiger partial charge in [0.2, 0.25) is 0 Å². The molecule has 0 saturated heterocycles. The van der Waals surface area contributed by atoms with E-state index in [2.05, 4.69) is 56.4 Å². The highest BCUT2D eigenvalue weighted by molar-refractivity contribution is 5.82. The lowest BCUT2D eigenvalue weighted by Crippen LogP contribution is -2.06. The Morgan fingerprint density at radius 3 is 2.35 bits per heavy atom. The summed E-state index contributed by atoms with van der Waals surface area (Å²) in [4.78, 5) is 0. The molecule has 0 aliphatic rings. The highest BCUT2D eigenvalue weighted by atomic mass is 16.3. The molecule has 2 heteroatoms. The Balaban J connectivity index is 1.90. The largest absolute Gasteiger partial charge is 0.459 e. The zero-order valence-electron chi connectivity index (χ0n) is 12.1. The van der Waals surface area contributed by atoms with Gasteiger partial charge in [-0.25, -0.2) is 0 Å². The number of benzene rings is 2. The van der Waals surface area contributed by atoms with E-state index in [0.29, 0.717) is 0 Å². The molecule has 0 bridgehead atoms. The Labute approximate surface area is 119 Å². The summed E-state index contributed by atoms with van der Waals surface area (Å²) in [7, 11) is 0. The second-order valence-corrected chi connectivity index (χ2v) is 5.32. The number of rotatable bonds is 3. The minimum atomic E-state index is 0.144. The summed E-state index contributed by atoms with van der Waals surface area (Å²) in [5.41, 5.74) is 4.55. The van der Waals surface area contributed by atoms with Crippen LogP contribution in [0.2, 0.25) is 0 Å². The standard InChI is InChI=1S/C18H19NO/c1-12-8-10-15(11-9-12)19-14(3)18-13(2)16-6-4-5-7-17(16)20-18/h4-11,14,19H,1-3H3. The van der Waals surface area contributed by atoms with Crippen LogP contribution in [0.5, 0.6) is 0 Å². The molecule has 1 aromatic heterocycles. The molecule has 2 aromatic carbocycles. The molecular formula is C18H19NO. The summed E-state index contributed by atoms with van der Waals surface area (Å²) >= 11 is 0. The van der Waals surface area contributed by atoms with Crippen LogP contribution in [0, 0.1) is 13.8 Å². The van der Waals surface area contributed by atoms with Crippen LogP contribution >= 0.6 is 0 Å². The lowest BCUT2D eigenvalue weighted by molar-refractivity contribution is 0.522. The molecule has 3 rings (SSSR count). The molecule has 0 aliphatic heterocycles. The number of para-hydroxylation sites is 1. The van der Waals surface area contributed by atoms with E-state index in [1.807, 2.05) is 18.2 Å². The van der Waals surface area contributed by atoms with Gasteiger partial charge in [0.05, 0.1) is 6.04 Å². The minimum Gasteiger partial charge on any atom is -0.459 e. The van der Waals surface area contributed by atoms with Crippen LogP contribution in [-0.2, 0) is 0 Å². The Kier molecular flexibility index (Phi) is 3.23. The third-order valence-electron chi connectivity index (χ3n) is 3.71. The Morgan fingerprint density at radius 1 is 0.950 bits per heavy atom. The molecule has 1 heterocycles. The van der Waals surface area contributed by atoms with E-state index in [4.69, 9.17) is 4.42 Å². The molecule has 0 amide bonds. The minimum absolute atomic E-state index is 0.144. The van der Waals surface area contributed by atoms with Gasteiger partial charge in [-0.15, -0.1) is 0 Å². The van der Waals surface area contributed by atoms with Gasteiger partial charge < -0.3 is 9.73 Å². The smallest absolute Gasteiger partial charge is 0.134 e. The van der Waals surface area contributed by atoms with Crippen molar-refractivity contribution in [1.29, 1.82) is 0 Å². The van der Waals surface area contributed by atoms with Gasteiger partial charge in [-0.1, -0.05) is 35.9 Å². The summed E-state index contributed by atoms with van der Waals surface area (Å²) in [5, 5.41) is 4.69. The van der Waals surface area contributed by atoms with Crippen LogP contribution in [0.1, 0.15) is 29.9 Å². The van der Waals surface area contributed by atoms with E-state index in [1.54, 1.807) is 0 Å². The zero-order chi connectivity index (χ0) is 14.1. The van der Waals surface area contributed by atoms with Crippen molar-refractivity contribution in [3.8, 4) is 0 Å². The number of hydrogen-bond acceptors (Lipinski definition) is 2. The summed E-state index contributed by atoms with van der Waals surface area (Å²) < 4.78 is 5.99. The molecule has 0 aliphatic carbocycles. The highest BCUT2D eigenvalue weighted by Gasteiger charge is 2.16. The zero-order valence-corrected chi connectivity index (χ0v) is 12.1. The van der Waals surface area contributed by atoms with Gasteiger partial charge in [0.1, 0.15) is 11.3 Å². The van der Waals surface area contributed by atoms with E-state index in [-0.39, 0.29) is 6.04 Å². The summed E-state index contributed by atoms with van der Waals surface area (Å²) in [6, 6.07) is 16.8. The van der Waals surface area contributed by atoms with Gasteiger partial charge in [-0.2, -0.15) is 0 Å². The fourth-order valence-corrected chi connectivity index (χ4v) is 2.57. The van der Waals surface area contributed by atoms with Crippen molar-refractivity contribution in [2.24, 2.45) is 0 Å². The maximum Gasteiger partial charge on any atom is 0.134 e. The van der Waals surface area contributed by atoms with Crippen LogP contribution in [-0.4, -0.2) is 0 Å². The number of furan rings is 1. The predicted octanol–water partition coefficient (Wildman–Crippen LogP) is 5.22. The first kappa shape index (κ1) is 12.8. The molecule has 0 fully saturated rings. The van der Waals surface area contributed by atoms with Gasteiger partial charge in [-0.3, -0.25) is 0 Å². The summed E-state index contributed by atoms with van der Waals surface area (Å²) in [5.74, 6) is 1.01. The van der Waals surface area contributed by atoms with Crippen LogP contribution in [0.3, 0.4) is 0 Å². The van der Waals surface area contributed by atoms with Crippen molar-refractivity contribution in [2.75, 3.05) is 5.32 Å². The van der Waals surface area contributed by atoms with Gasteiger partial charge in [0, 0.05) is 16.6 Å². The Hall–Kier alpha value is -2.22. The third kappa shape index (κ3) is 2.29. The number of anilines is 1. The molecule has 1 N–H and O–H groups in total. The third-order valence-corrected chi connectivity index (χ3v) is 3.71. The molecule has 0 saturated carbocycles. The first-order valence-corrected chi connectivity index (χ1v) is 6.96. The fourth-order valence-electron chi connectivity index (χ4n) is 2.57. The van der Waals surface area contributed by atoms with Crippen LogP contribution in [0.4, 0.5) is 5.69 Å². The lowest BCUT2D eigenvalue weighted by atomic mass is 10.1. The molecule has 1 atom stereocenters. The van der Waals surface area contributed by atoms with Crippen LogP contribution < -0.4 is 5.32 Å². The number of aryl methyl sites for hydroxylation is 2. The van der Waals surface area contributed by atoms with E-state index < -0.39 is 0 Å². The predicted molar refractivity (Wildman–Crippen MR) is 84.2 cm³/mol. The van der Waals surface area contributed by atoms with E-state index in [9.17, 15) is 0 Å². The second-order valence-electron chi connectivity index (χ2n) is 5.32. The van der Waals surface area contributed by atoms with E-state index in [0.717, 1.165) is 17.0 Å². The summed E-state index contributed by atoms with van der Waals surface area (Å²) in [6.45, 7) is 6.34. The fraction of sp³-hybridized carbons (Fsp3) is 0.222.